The quantitative estimate of drug-likeness (QED) is 0.355. The number of ether oxygens (including phenoxy) is 1. The molecule has 0 spiro atoms. The molecular formula is C27H25ClN6O. The summed E-state index contributed by atoms with van der Waals surface area (Å²) in [5.74, 6) is 2.18. The molecule has 2 aromatic heterocycles. The second-order valence-electron chi connectivity index (χ2n) is 8.76. The van der Waals surface area contributed by atoms with E-state index in [0.29, 0.717) is 17.2 Å². The van der Waals surface area contributed by atoms with E-state index in [2.05, 4.69) is 68.9 Å². The van der Waals surface area contributed by atoms with Crippen molar-refractivity contribution in [1.82, 2.24) is 24.9 Å². The third-order valence-electron chi connectivity index (χ3n) is 6.53. The van der Waals surface area contributed by atoms with Gasteiger partial charge >= 0.3 is 0 Å². The molecule has 0 atom stereocenters. The Bertz CT molecular complexity index is 1490. The van der Waals surface area contributed by atoms with E-state index >= 15 is 0 Å². The lowest BCUT2D eigenvalue weighted by Gasteiger charge is -2.24. The first-order valence-corrected chi connectivity index (χ1v) is 12.2. The van der Waals surface area contributed by atoms with Gasteiger partial charge in [0.25, 0.3) is 5.78 Å². The maximum atomic E-state index is 6.28. The fraction of sp³-hybridized carbons (Fsp3) is 0.222. The molecule has 1 aliphatic rings. The Kier molecular flexibility index (Phi) is 5.72. The molecule has 1 aliphatic heterocycles. The number of hydrogen-bond donors (Lipinski definition) is 1. The number of nitrogens with zero attached hydrogens (tertiary/aromatic N) is 5. The number of benzene rings is 3. The smallest absolute Gasteiger partial charge is 0.258 e. The van der Waals surface area contributed by atoms with E-state index in [1.807, 2.05) is 31.3 Å². The lowest BCUT2D eigenvalue weighted by Crippen LogP contribution is -2.34. The first kappa shape index (κ1) is 21.8. The molecular weight excluding hydrogens is 460 g/mol. The molecule has 1 fully saturated rings. The van der Waals surface area contributed by atoms with Crippen LogP contribution in [0.4, 0.5) is 11.5 Å². The van der Waals surface area contributed by atoms with E-state index in [4.69, 9.17) is 21.3 Å². The van der Waals surface area contributed by atoms with Crippen LogP contribution in [0.2, 0.25) is 5.28 Å². The number of aromatic nitrogens is 4. The van der Waals surface area contributed by atoms with Crippen molar-refractivity contribution in [3.8, 4) is 16.9 Å². The summed E-state index contributed by atoms with van der Waals surface area (Å²) >= 11 is 6.28. The number of nitrogens with one attached hydrogen (secondary N) is 1. The minimum Gasteiger partial charge on any atom is -0.490 e. The van der Waals surface area contributed by atoms with E-state index in [0.717, 1.165) is 65.2 Å². The minimum absolute atomic E-state index is 0.291. The summed E-state index contributed by atoms with van der Waals surface area (Å²) in [6, 6.07) is 24.8. The summed E-state index contributed by atoms with van der Waals surface area (Å²) in [4.78, 5) is 6.85. The largest absolute Gasteiger partial charge is 0.490 e. The van der Waals surface area contributed by atoms with Gasteiger partial charge in [0.05, 0.1) is 5.52 Å². The van der Waals surface area contributed by atoms with Crippen LogP contribution in [0, 0.1) is 0 Å². The third-order valence-corrected chi connectivity index (χ3v) is 6.77. The van der Waals surface area contributed by atoms with Crippen molar-refractivity contribution in [2.45, 2.75) is 18.9 Å². The van der Waals surface area contributed by atoms with Crippen LogP contribution in [-0.2, 0) is 0 Å². The molecule has 7 nitrogen and oxygen atoms in total. The van der Waals surface area contributed by atoms with Gasteiger partial charge in [0.1, 0.15) is 17.7 Å². The van der Waals surface area contributed by atoms with Gasteiger partial charge in [-0.2, -0.15) is 4.98 Å². The monoisotopic (exact) mass is 484 g/mol. The summed E-state index contributed by atoms with van der Waals surface area (Å²) in [5, 5.41) is 12.8. The number of anilines is 2. The summed E-state index contributed by atoms with van der Waals surface area (Å²) in [6.45, 7) is 2.04. The van der Waals surface area contributed by atoms with Gasteiger partial charge in [0.15, 0.2) is 0 Å². The van der Waals surface area contributed by atoms with E-state index < -0.39 is 0 Å². The average molecular weight is 485 g/mol. The highest BCUT2D eigenvalue weighted by Gasteiger charge is 2.17. The van der Waals surface area contributed by atoms with Crippen LogP contribution in [0.15, 0.2) is 72.8 Å². The molecule has 6 rings (SSSR count). The number of halogens is 1. The fourth-order valence-corrected chi connectivity index (χ4v) is 4.86. The fourth-order valence-electron chi connectivity index (χ4n) is 4.65. The van der Waals surface area contributed by atoms with Crippen molar-refractivity contribution < 1.29 is 4.74 Å². The van der Waals surface area contributed by atoms with Crippen LogP contribution in [-0.4, -0.2) is 45.8 Å². The van der Waals surface area contributed by atoms with Crippen LogP contribution < -0.4 is 15.0 Å². The van der Waals surface area contributed by atoms with E-state index in [1.165, 1.54) is 0 Å². The average Bonchev–Trinajstić information content (AvgIpc) is 3.29. The van der Waals surface area contributed by atoms with Gasteiger partial charge in [0.2, 0.25) is 5.28 Å². The second-order valence-corrected chi connectivity index (χ2v) is 9.10. The number of rotatable bonds is 5. The van der Waals surface area contributed by atoms with Gasteiger partial charge in [-0.05, 0) is 85.1 Å². The highest BCUT2D eigenvalue weighted by atomic mass is 35.5. The van der Waals surface area contributed by atoms with Crippen molar-refractivity contribution in [2.75, 3.05) is 25.0 Å². The zero-order chi connectivity index (χ0) is 23.8. The predicted octanol–water partition coefficient (Wildman–Crippen LogP) is 5.50. The standard InChI is InChI=1S/C27H25ClN6O/c1-33(25-23-7-2-3-8-24(23)34-26(28)31-32-27(34)30-25)20-6-4-5-19(17-20)18-9-11-21(12-10-18)35-22-13-15-29-16-14-22/h2-12,17,22,29H,13-16H2,1H3. The topological polar surface area (TPSA) is 67.6 Å². The lowest BCUT2D eigenvalue weighted by atomic mass is 10.0. The normalized spacial score (nSPS) is 14.5. The highest BCUT2D eigenvalue weighted by molar-refractivity contribution is 6.29. The van der Waals surface area contributed by atoms with Crippen molar-refractivity contribution >= 4 is 39.8 Å². The van der Waals surface area contributed by atoms with Crippen LogP contribution in [0.1, 0.15) is 12.8 Å². The Morgan fingerprint density at radius 3 is 2.57 bits per heavy atom. The molecule has 0 bridgehead atoms. The Balaban J connectivity index is 1.31. The molecule has 5 aromatic rings. The van der Waals surface area contributed by atoms with Crippen molar-refractivity contribution in [2.24, 2.45) is 0 Å². The maximum Gasteiger partial charge on any atom is 0.258 e. The zero-order valence-corrected chi connectivity index (χ0v) is 20.1. The molecule has 0 aliphatic carbocycles. The molecule has 0 saturated carbocycles. The number of hydrogen-bond acceptors (Lipinski definition) is 6. The second kappa shape index (κ2) is 9.17. The van der Waals surface area contributed by atoms with Gasteiger partial charge in [-0.3, -0.25) is 0 Å². The van der Waals surface area contributed by atoms with Crippen LogP contribution in [0.5, 0.6) is 5.75 Å². The molecule has 3 heterocycles. The first-order valence-electron chi connectivity index (χ1n) is 11.8. The summed E-state index contributed by atoms with van der Waals surface area (Å²) in [6.07, 6.45) is 2.39. The van der Waals surface area contributed by atoms with Gasteiger partial charge in [-0.15, -0.1) is 10.2 Å². The Morgan fingerprint density at radius 2 is 1.74 bits per heavy atom. The van der Waals surface area contributed by atoms with E-state index in [-0.39, 0.29) is 0 Å². The third kappa shape index (κ3) is 4.17. The molecule has 3 aromatic carbocycles. The lowest BCUT2D eigenvalue weighted by molar-refractivity contribution is 0.162. The van der Waals surface area contributed by atoms with Gasteiger partial charge in [-0.25, -0.2) is 4.40 Å². The van der Waals surface area contributed by atoms with Crippen LogP contribution in [0.3, 0.4) is 0 Å². The molecule has 1 N–H and O–H groups in total. The van der Waals surface area contributed by atoms with E-state index in [1.54, 1.807) is 4.40 Å². The molecule has 35 heavy (non-hydrogen) atoms. The van der Waals surface area contributed by atoms with Crippen LogP contribution in [0.25, 0.3) is 27.8 Å². The Hall–Kier alpha value is -3.68. The SMILES string of the molecule is CN(c1cccc(-c2ccc(OC3CCNCC3)cc2)c1)c1nc2nnc(Cl)n2c2ccccc12. The number of para-hydroxylation sites is 1. The molecule has 0 unspecified atom stereocenters. The van der Waals surface area contributed by atoms with Gasteiger partial charge < -0.3 is 15.0 Å². The molecule has 0 amide bonds. The molecule has 1 saturated heterocycles. The first-order chi connectivity index (χ1) is 17.2. The highest BCUT2D eigenvalue weighted by Crippen LogP contribution is 2.33. The predicted molar refractivity (Wildman–Crippen MR) is 140 cm³/mol. The maximum absolute atomic E-state index is 6.28. The van der Waals surface area contributed by atoms with Gasteiger partial charge in [-0.1, -0.05) is 36.4 Å². The minimum atomic E-state index is 0.291. The van der Waals surface area contributed by atoms with Crippen molar-refractivity contribution in [1.29, 1.82) is 0 Å². The molecule has 0 radical (unpaired) electrons. The molecule has 176 valence electrons. The van der Waals surface area contributed by atoms with E-state index in [9.17, 15) is 0 Å². The zero-order valence-electron chi connectivity index (χ0n) is 19.4. The Labute approximate surface area is 208 Å². The summed E-state index contributed by atoms with van der Waals surface area (Å²) < 4.78 is 7.93. The van der Waals surface area contributed by atoms with Crippen molar-refractivity contribution in [3.63, 3.8) is 0 Å². The summed E-state index contributed by atoms with van der Waals surface area (Å²) in [5.41, 5.74) is 4.19. The van der Waals surface area contributed by atoms with Gasteiger partial charge in [0, 0.05) is 18.1 Å². The van der Waals surface area contributed by atoms with Crippen molar-refractivity contribution in [3.05, 3.63) is 78.1 Å². The summed E-state index contributed by atoms with van der Waals surface area (Å²) in [7, 11) is 2.01. The Morgan fingerprint density at radius 1 is 0.943 bits per heavy atom. The van der Waals surface area contributed by atoms with Crippen LogP contribution >= 0.6 is 11.6 Å². The number of piperidine rings is 1. The molecule has 8 heteroatoms. The number of fused-ring (bicyclic) bond motifs is 3.